The number of morpholine rings is 1. The highest BCUT2D eigenvalue weighted by atomic mass is 19.1. The third-order valence-electron chi connectivity index (χ3n) is 5.73. The lowest BCUT2D eigenvalue weighted by atomic mass is 9.99. The van der Waals surface area contributed by atoms with E-state index in [4.69, 9.17) is 9.47 Å². The predicted molar refractivity (Wildman–Crippen MR) is 124 cm³/mol. The molecule has 2 N–H and O–H groups in total. The molecule has 0 aromatic heterocycles. The number of methoxy groups -OCH3 is 1. The first-order valence-electron chi connectivity index (χ1n) is 10.8. The molecule has 1 saturated heterocycles. The monoisotopic (exact) mass is 464 g/mol. The summed E-state index contributed by atoms with van der Waals surface area (Å²) in [5, 5.41) is 13.8. The van der Waals surface area contributed by atoms with E-state index in [9.17, 15) is 19.1 Å². The van der Waals surface area contributed by atoms with Crippen molar-refractivity contribution in [3.63, 3.8) is 0 Å². The van der Waals surface area contributed by atoms with Crippen LogP contribution in [0, 0.1) is 5.82 Å². The Morgan fingerprint density at radius 3 is 2.56 bits per heavy atom. The van der Waals surface area contributed by atoms with Crippen LogP contribution in [0.5, 0.6) is 5.75 Å². The minimum Gasteiger partial charge on any atom is -0.496 e. The minimum absolute atomic E-state index is 0.0711. The van der Waals surface area contributed by atoms with Gasteiger partial charge in [-0.15, -0.1) is 0 Å². The Bertz CT molecular complexity index is 1150. The zero-order valence-corrected chi connectivity index (χ0v) is 18.6. The number of halogens is 1. The lowest BCUT2D eigenvalue weighted by Gasteiger charge is -2.38. The van der Waals surface area contributed by atoms with Gasteiger partial charge in [0.1, 0.15) is 24.3 Å². The van der Waals surface area contributed by atoms with E-state index in [0.29, 0.717) is 22.6 Å². The summed E-state index contributed by atoms with van der Waals surface area (Å²) in [5.41, 5.74) is 2.28. The first-order chi connectivity index (χ1) is 16.5. The van der Waals surface area contributed by atoms with Gasteiger partial charge >= 0.3 is 0 Å². The van der Waals surface area contributed by atoms with E-state index in [1.165, 1.54) is 19.2 Å². The van der Waals surface area contributed by atoms with Crippen molar-refractivity contribution in [2.75, 3.05) is 25.6 Å². The molecule has 3 aromatic carbocycles. The van der Waals surface area contributed by atoms with Gasteiger partial charge in [0.25, 0.3) is 5.91 Å². The number of ether oxygens (including phenoxy) is 2. The maximum Gasteiger partial charge on any atom is 0.259 e. The molecule has 0 spiro atoms. The summed E-state index contributed by atoms with van der Waals surface area (Å²) in [6, 6.07) is 18.9. The van der Waals surface area contributed by atoms with E-state index in [0.717, 1.165) is 5.56 Å². The number of carbonyl (C=O) groups is 2. The topological polar surface area (TPSA) is 88.1 Å². The molecule has 3 aromatic rings. The summed E-state index contributed by atoms with van der Waals surface area (Å²) >= 11 is 0. The van der Waals surface area contributed by atoms with Crippen molar-refractivity contribution < 1.29 is 28.6 Å². The van der Waals surface area contributed by atoms with Crippen molar-refractivity contribution in [2.45, 2.75) is 18.7 Å². The Labute approximate surface area is 196 Å². The number of para-hydroxylation sites is 1. The first-order valence-corrected chi connectivity index (χ1v) is 10.8. The number of aliphatic hydroxyl groups excluding tert-OH is 1. The molecule has 176 valence electrons. The number of hydrogen-bond acceptors (Lipinski definition) is 5. The average Bonchev–Trinajstić information content (AvgIpc) is 2.86. The fourth-order valence-corrected chi connectivity index (χ4v) is 3.89. The maximum absolute atomic E-state index is 13.2. The van der Waals surface area contributed by atoms with Crippen LogP contribution in [-0.2, 0) is 16.1 Å². The number of carbonyl (C=O) groups excluding carboxylic acids is 2. The van der Waals surface area contributed by atoms with Gasteiger partial charge in [-0.1, -0.05) is 36.4 Å². The van der Waals surface area contributed by atoms with E-state index < -0.39 is 12.1 Å². The van der Waals surface area contributed by atoms with Gasteiger partial charge in [0, 0.05) is 12.2 Å². The first kappa shape index (κ1) is 23.4. The van der Waals surface area contributed by atoms with Crippen LogP contribution in [0.25, 0.3) is 0 Å². The van der Waals surface area contributed by atoms with Crippen LogP contribution in [0.2, 0.25) is 0 Å². The number of nitrogens with one attached hydrogen (secondary N) is 1. The van der Waals surface area contributed by atoms with E-state index in [-0.39, 0.29) is 37.4 Å². The van der Waals surface area contributed by atoms with Crippen molar-refractivity contribution in [1.82, 2.24) is 4.90 Å². The fraction of sp³-hybridized carbons (Fsp3) is 0.231. The van der Waals surface area contributed by atoms with Crippen molar-refractivity contribution in [2.24, 2.45) is 0 Å². The predicted octanol–water partition coefficient (Wildman–Crippen LogP) is 3.55. The number of anilines is 1. The SMILES string of the molecule is COc1ccccc1C(=O)Nc1ccc([C@@H](O)[C@H]2COCC(=O)N2Cc2ccc(F)cc2)cc1. The highest BCUT2D eigenvalue weighted by molar-refractivity contribution is 6.06. The molecule has 34 heavy (non-hydrogen) atoms. The average molecular weight is 464 g/mol. The highest BCUT2D eigenvalue weighted by Crippen LogP contribution is 2.27. The van der Waals surface area contributed by atoms with E-state index in [1.807, 2.05) is 0 Å². The summed E-state index contributed by atoms with van der Waals surface area (Å²) in [7, 11) is 1.50. The normalized spacial score (nSPS) is 16.7. The number of amides is 2. The quantitative estimate of drug-likeness (QED) is 0.559. The number of hydrogen-bond donors (Lipinski definition) is 2. The van der Waals surface area contributed by atoms with Crippen LogP contribution >= 0.6 is 0 Å². The van der Waals surface area contributed by atoms with Crippen LogP contribution in [0.4, 0.5) is 10.1 Å². The van der Waals surface area contributed by atoms with Gasteiger partial charge < -0.3 is 24.8 Å². The number of nitrogens with zero attached hydrogens (tertiary/aromatic N) is 1. The highest BCUT2D eigenvalue weighted by Gasteiger charge is 2.34. The molecule has 1 aliphatic heterocycles. The second-order valence-corrected chi connectivity index (χ2v) is 7.95. The number of rotatable bonds is 7. The zero-order chi connectivity index (χ0) is 24.1. The third-order valence-corrected chi connectivity index (χ3v) is 5.73. The van der Waals surface area contributed by atoms with Gasteiger partial charge in [-0.25, -0.2) is 4.39 Å². The summed E-state index contributed by atoms with van der Waals surface area (Å²) in [6.45, 7) is 0.329. The zero-order valence-electron chi connectivity index (χ0n) is 18.6. The fourth-order valence-electron chi connectivity index (χ4n) is 3.89. The standard InChI is InChI=1S/C26H25FN2O5/c1-33-23-5-3-2-4-21(23)26(32)28-20-12-8-18(9-13-20)25(31)22-15-34-16-24(30)29(22)14-17-6-10-19(27)11-7-17/h2-13,22,25,31H,14-16H2,1H3,(H,28,32)/t22-,25-/m1/s1. The Balaban J connectivity index is 1.47. The third kappa shape index (κ3) is 5.24. The summed E-state index contributed by atoms with van der Waals surface area (Å²) < 4.78 is 23.9. The summed E-state index contributed by atoms with van der Waals surface area (Å²) in [4.78, 5) is 26.7. The molecular weight excluding hydrogens is 439 g/mol. The maximum atomic E-state index is 13.2. The minimum atomic E-state index is -1.01. The molecule has 7 nitrogen and oxygen atoms in total. The van der Waals surface area contributed by atoms with Crippen LogP contribution in [-0.4, -0.2) is 48.2 Å². The number of benzene rings is 3. The molecule has 1 aliphatic rings. The van der Waals surface area contributed by atoms with Crippen LogP contribution in [0.3, 0.4) is 0 Å². The lowest BCUT2D eigenvalue weighted by molar-refractivity contribution is -0.155. The van der Waals surface area contributed by atoms with Gasteiger partial charge in [0.05, 0.1) is 25.3 Å². The molecule has 2 amide bonds. The van der Waals surface area contributed by atoms with Gasteiger partial charge in [-0.3, -0.25) is 9.59 Å². The number of aliphatic hydroxyl groups is 1. The molecule has 0 aliphatic carbocycles. The smallest absolute Gasteiger partial charge is 0.259 e. The molecule has 0 bridgehead atoms. The Kier molecular flexibility index (Phi) is 7.20. The molecule has 0 radical (unpaired) electrons. The van der Waals surface area contributed by atoms with Crippen molar-refractivity contribution in [3.05, 3.63) is 95.3 Å². The van der Waals surface area contributed by atoms with E-state index in [1.54, 1.807) is 65.6 Å². The molecule has 8 heteroatoms. The van der Waals surface area contributed by atoms with E-state index >= 15 is 0 Å². The van der Waals surface area contributed by atoms with Crippen molar-refractivity contribution in [3.8, 4) is 5.75 Å². The Hall–Kier alpha value is -3.75. The molecular formula is C26H25FN2O5. The molecule has 0 unspecified atom stereocenters. The molecule has 1 heterocycles. The Morgan fingerprint density at radius 1 is 1.15 bits per heavy atom. The van der Waals surface area contributed by atoms with Crippen LogP contribution < -0.4 is 10.1 Å². The summed E-state index contributed by atoms with van der Waals surface area (Å²) in [6.07, 6.45) is -1.01. The second kappa shape index (κ2) is 10.5. The van der Waals surface area contributed by atoms with E-state index in [2.05, 4.69) is 5.32 Å². The lowest BCUT2D eigenvalue weighted by Crippen LogP contribution is -2.51. The summed E-state index contributed by atoms with van der Waals surface area (Å²) in [5.74, 6) is -0.454. The van der Waals surface area contributed by atoms with Crippen molar-refractivity contribution >= 4 is 17.5 Å². The molecule has 2 atom stereocenters. The largest absolute Gasteiger partial charge is 0.496 e. The molecule has 1 fully saturated rings. The van der Waals surface area contributed by atoms with Crippen molar-refractivity contribution in [1.29, 1.82) is 0 Å². The van der Waals surface area contributed by atoms with Gasteiger partial charge in [-0.05, 0) is 47.5 Å². The Morgan fingerprint density at radius 2 is 1.85 bits per heavy atom. The van der Waals surface area contributed by atoms with Crippen LogP contribution in [0.1, 0.15) is 27.6 Å². The van der Waals surface area contributed by atoms with Gasteiger partial charge in [-0.2, -0.15) is 0 Å². The second-order valence-electron chi connectivity index (χ2n) is 7.95. The molecule has 0 saturated carbocycles. The van der Waals surface area contributed by atoms with Crippen LogP contribution in [0.15, 0.2) is 72.8 Å². The molecule has 4 rings (SSSR count). The van der Waals surface area contributed by atoms with Gasteiger partial charge in [0.15, 0.2) is 0 Å². The van der Waals surface area contributed by atoms with Gasteiger partial charge in [0.2, 0.25) is 5.91 Å².